The van der Waals surface area contributed by atoms with Crippen LogP contribution in [0, 0.1) is 5.82 Å². The number of carbonyl (C=O) groups excluding carboxylic acids is 1. The van der Waals surface area contributed by atoms with Gasteiger partial charge in [0.1, 0.15) is 5.82 Å². The summed E-state index contributed by atoms with van der Waals surface area (Å²) in [4.78, 5) is 12.3. The molecule has 130 valence electrons. The van der Waals surface area contributed by atoms with E-state index in [4.69, 9.17) is 11.6 Å². The van der Waals surface area contributed by atoms with E-state index >= 15 is 0 Å². The molecule has 0 fully saturated rings. The van der Waals surface area contributed by atoms with Crippen LogP contribution < -0.4 is 5.32 Å². The van der Waals surface area contributed by atoms with Crippen molar-refractivity contribution in [2.24, 2.45) is 0 Å². The Hall–Kier alpha value is -2.19. The van der Waals surface area contributed by atoms with E-state index in [1.165, 1.54) is 16.9 Å². The van der Waals surface area contributed by atoms with E-state index in [1.54, 1.807) is 29.2 Å². The van der Waals surface area contributed by atoms with Crippen molar-refractivity contribution in [1.82, 2.24) is 19.6 Å². The number of rotatable bonds is 5. The van der Waals surface area contributed by atoms with Crippen LogP contribution in [-0.2, 0) is 13.1 Å². The lowest BCUT2D eigenvalue weighted by molar-refractivity contribution is 0.102. The Morgan fingerprint density at radius 3 is 2.84 bits per heavy atom. The van der Waals surface area contributed by atoms with Crippen molar-refractivity contribution in [2.75, 3.05) is 5.32 Å². The Balaban J connectivity index is 1.77. The molecule has 0 bridgehead atoms. The number of carbonyl (C=O) groups is 1. The quantitative estimate of drug-likeness (QED) is 0.672. The number of aryl methyl sites for hydroxylation is 1. The van der Waals surface area contributed by atoms with Gasteiger partial charge in [0.05, 0.1) is 22.8 Å². The number of benzene rings is 1. The molecule has 0 aliphatic heterocycles. The van der Waals surface area contributed by atoms with Crippen LogP contribution >= 0.6 is 27.5 Å². The van der Waals surface area contributed by atoms with Gasteiger partial charge in [0.2, 0.25) is 0 Å². The Morgan fingerprint density at radius 2 is 2.16 bits per heavy atom. The van der Waals surface area contributed by atoms with Crippen LogP contribution in [0.15, 0.2) is 41.3 Å². The summed E-state index contributed by atoms with van der Waals surface area (Å²) in [5.74, 6) is -0.395. The Kier molecular flexibility index (Phi) is 5.19. The first-order valence-corrected chi connectivity index (χ1v) is 8.64. The molecule has 0 saturated carbocycles. The minimum atomic E-state index is -0.406. The number of amides is 1. The first-order valence-electron chi connectivity index (χ1n) is 7.47. The highest BCUT2D eigenvalue weighted by atomic mass is 79.9. The van der Waals surface area contributed by atoms with Crippen molar-refractivity contribution in [1.29, 1.82) is 0 Å². The Labute approximate surface area is 156 Å². The third-order valence-corrected chi connectivity index (χ3v) is 4.48. The molecule has 1 N–H and O–H groups in total. The van der Waals surface area contributed by atoms with Gasteiger partial charge in [-0.05, 0) is 35.0 Å². The lowest BCUT2D eigenvalue weighted by Crippen LogP contribution is -2.12. The van der Waals surface area contributed by atoms with Crippen molar-refractivity contribution >= 4 is 39.3 Å². The molecule has 2 aromatic heterocycles. The zero-order valence-corrected chi connectivity index (χ0v) is 15.6. The van der Waals surface area contributed by atoms with Crippen molar-refractivity contribution in [3.05, 3.63) is 63.2 Å². The fraction of sp³-hybridized carbons (Fsp3) is 0.188. The molecule has 0 saturated heterocycles. The number of aromatic nitrogens is 4. The minimum Gasteiger partial charge on any atom is -0.304 e. The normalized spacial score (nSPS) is 10.9. The molecule has 1 amide bonds. The third kappa shape index (κ3) is 3.91. The number of anilines is 1. The van der Waals surface area contributed by atoms with E-state index in [0.29, 0.717) is 33.0 Å². The van der Waals surface area contributed by atoms with Crippen molar-refractivity contribution < 1.29 is 9.18 Å². The van der Waals surface area contributed by atoms with E-state index in [-0.39, 0.29) is 12.5 Å². The van der Waals surface area contributed by atoms with Gasteiger partial charge in [-0.1, -0.05) is 17.7 Å². The number of nitrogens with one attached hydrogen (secondary N) is 1. The van der Waals surface area contributed by atoms with Gasteiger partial charge in [-0.3, -0.25) is 14.2 Å². The van der Waals surface area contributed by atoms with Gasteiger partial charge in [-0.2, -0.15) is 10.2 Å². The van der Waals surface area contributed by atoms with E-state index < -0.39 is 5.82 Å². The van der Waals surface area contributed by atoms with E-state index in [2.05, 4.69) is 31.4 Å². The second-order valence-corrected chi connectivity index (χ2v) is 6.52. The molecule has 0 unspecified atom stereocenters. The number of hydrogen-bond acceptors (Lipinski definition) is 3. The summed E-state index contributed by atoms with van der Waals surface area (Å²) >= 11 is 9.38. The second-order valence-electron chi connectivity index (χ2n) is 5.26. The number of hydrogen-bond donors (Lipinski definition) is 1. The predicted molar refractivity (Wildman–Crippen MR) is 96.3 cm³/mol. The zero-order chi connectivity index (χ0) is 18.0. The van der Waals surface area contributed by atoms with Gasteiger partial charge >= 0.3 is 0 Å². The van der Waals surface area contributed by atoms with Crippen molar-refractivity contribution in [2.45, 2.75) is 20.0 Å². The Morgan fingerprint density at radius 1 is 1.36 bits per heavy atom. The lowest BCUT2D eigenvalue weighted by Gasteiger charge is -2.06. The van der Waals surface area contributed by atoms with Crippen LogP contribution in [-0.4, -0.2) is 25.5 Å². The summed E-state index contributed by atoms with van der Waals surface area (Å²) in [6.45, 7) is 2.75. The topological polar surface area (TPSA) is 64.7 Å². The molecule has 25 heavy (non-hydrogen) atoms. The average molecular weight is 427 g/mol. The monoisotopic (exact) mass is 425 g/mol. The molecule has 2 heterocycles. The molecule has 6 nitrogen and oxygen atoms in total. The number of nitrogens with zero attached hydrogens (tertiary/aromatic N) is 4. The van der Waals surface area contributed by atoms with Crippen LogP contribution in [0.1, 0.15) is 22.8 Å². The summed E-state index contributed by atoms with van der Waals surface area (Å²) in [6.07, 6.45) is 4.79. The van der Waals surface area contributed by atoms with Crippen molar-refractivity contribution in [3.8, 4) is 0 Å². The third-order valence-electron chi connectivity index (χ3n) is 3.55. The minimum absolute atomic E-state index is 0.147. The maximum atomic E-state index is 13.9. The molecule has 0 radical (unpaired) electrons. The maximum absolute atomic E-state index is 13.9. The fourth-order valence-corrected chi connectivity index (χ4v) is 2.88. The highest BCUT2D eigenvalue weighted by Gasteiger charge is 2.15. The highest BCUT2D eigenvalue weighted by Crippen LogP contribution is 2.24. The molecule has 0 spiro atoms. The van der Waals surface area contributed by atoms with Crippen LogP contribution in [0.25, 0.3) is 0 Å². The van der Waals surface area contributed by atoms with Crippen molar-refractivity contribution in [3.63, 3.8) is 0 Å². The maximum Gasteiger partial charge on any atom is 0.260 e. The second kappa shape index (κ2) is 7.37. The largest absolute Gasteiger partial charge is 0.304 e. The summed E-state index contributed by atoms with van der Waals surface area (Å²) in [6, 6.07) is 4.50. The molecule has 3 rings (SSSR count). The zero-order valence-electron chi connectivity index (χ0n) is 13.2. The highest BCUT2D eigenvalue weighted by molar-refractivity contribution is 9.10. The molecular formula is C16H14BrClFN5O. The van der Waals surface area contributed by atoms with Gasteiger partial charge in [0.25, 0.3) is 5.91 Å². The lowest BCUT2D eigenvalue weighted by atomic mass is 10.2. The smallest absolute Gasteiger partial charge is 0.260 e. The summed E-state index contributed by atoms with van der Waals surface area (Å²) in [5, 5.41) is 11.4. The Bertz CT molecular complexity index is 903. The molecule has 3 aromatic rings. The van der Waals surface area contributed by atoms with Crippen LogP contribution in [0.3, 0.4) is 0 Å². The first-order chi connectivity index (χ1) is 12.0. The van der Waals surface area contributed by atoms with E-state index in [9.17, 15) is 9.18 Å². The van der Waals surface area contributed by atoms with Crippen LogP contribution in [0.5, 0.6) is 0 Å². The average Bonchev–Trinajstić information content (AvgIpc) is 3.18. The van der Waals surface area contributed by atoms with Crippen LogP contribution in [0.2, 0.25) is 5.02 Å². The van der Waals surface area contributed by atoms with Gasteiger partial charge in [0, 0.05) is 29.5 Å². The van der Waals surface area contributed by atoms with Gasteiger partial charge in [-0.15, -0.1) is 0 Å². The standard InChI is InChI=1S/C16H14BrClFN5O/c1-2-23-7-10(6-20-23)16(25)21-15-12(17)9-24(22-15)8-11-13(18)4-3-5-14(11)19/h3-7,9H,2,8H2,1H3,(H,21,22,25). The summed E-state index contributed by atoms with van der Waals surface area (Å²) in [7, 11) is 0. The van der Waals surface area contributed by atoms with Crippen LogP contribution in [0.4, 0.5) is 10.2 Å². The molecule has 0 aliphatic carbocycles. The SMILES string of the molecule is CCn1cc(C(=O)Nc2nn(Cc3c(F)cccc3Cl)cc2Br)cn1. The van der Waals surface area contributed by atoms with Gasteiger partial charge < -0.3 is 5.32 Å². The van der Waals surface area contributed by atoms with E-state index in [1.807, 2.05) is 6.92 Å². The summed E-state index contributed by atoms with van der Waals surface area (Å²) in [5.41, 5.74) is 0.765. The molecule has 0 aliphatic rings. The van der Waals surface area contributed by atoms with E-state index in [0.717, 1.165) is 0 Å². The fourth-order valence-electron chi connectivity index (χ4n) is 2.24. The molecule has 0 atom stereocenters. The molecule has 9 heteroatoms. The number of halogens is 3. The molecule has 1 aromatic carbocycles. The summed E-state index contributed by atoms with van der Waals surface area (Å²) < 4.78 is 17.6. The van der Waals surface area contributed by atoms with Gasteiger partial charge in [0.15, 0.2) is 5.82 Å². The van der Waals surface area contributed by atoms with Gasteiger partial charge in [-0.25, -0.2) is 4.39 Å². The molecular weight excluding hydrogens is 413 g/mol. The predicted octanol–water partition coefficient (Wildman–Crippen LogP) is 3.96. The first kappa shape index (κ1) is 17.6.